The van der Waals surface area contributed by atoms with Gasteiger partial charge in [0.15, 0.2) is 0 Å². The summed E-state index contributed by atoms with van der Waals surface area (Å²) in [5.41, 5.74) is 1.30. The van der Waals surface area contributed by atoms with E-state index >= 15 is 0 Å². The van der Waals surface area contributed by atoms with Crippen molar-refractivity contribution in [2.24, 2.45) is 0 Å². The Morgan fingerprint density at radius 3 is 2.93 bits per heavy atom. The van der Waals surface area contributed by atoms with Gasteiger partial charge in [-0.05, 0) is 44.0 Å². The number of carboxylic acids is 1. The van der Waals surface area contributed by atoms with Crippen molar-refractivity contribution in [2.45, 2.75) is 25.7 Å². The quantitative estimate of drug-likeness (QED) is 0.568. The average Bonchev–Trinajstić information content (AvgIpc) is 2.68. The molecular formula is C11H18N2O2. The number of nitrogens with one attached hydrogen (secondary N) is 2. The number of carboxylic acid groups (broad SMARTS) is 1. The number of aromatic nitrogens is 1. The Bertz CT molecular complexity index is 270. The number of rotatable bonds is 8. The number of aromatic amines is 1. The fourth-order valence-corrected chi connectivity index (χ4v) is 1.40. The maximum Gasteiger partial charge on any atom is 0.303 e. The van der Waals surface area contributed by atoms with Crippen molar-refractivity contribution in [1.29, 1.82) is 0 Å². The van der Waals surface area contributed by atoms with Crippen molar-refractivity contribution >= 4 is 5.97 Å². The molecule has 0 bridgehead atoms. The molecule has 0 atom stereocenters. The summed E-state index contributed by atoms with van der Waals surface area (Å²) in [4.78, 5) is 13.2. The second-order valence-corrected chi connectivity index (χ2v) is 3.57. The van der Waals surface area contributed by atoms with Gasteiger partial charge in [-0.3, -0.25) is 4.79 Å². The Kier molecular flexibility index (Phi) is 5.55. The summed E-state index contributed by atoms with van der Waals surface area (Å²) in [5, 5.41) is 11.7. The Morgan fingerprint density at radius 2 is 2.27 bits per heavy atom. The van der Waals surface area contributed by atoms with E-state index < -0.39 is 5.97 Å². The van der Waals surface area contributed by atoms with E-state index in [9.17, 15) is 4.79 Å². The maximum atomic E-state index is 10.2. The van der Waals surface area contributed by atoms with Gasteiger partial charge < -0.3 is 15.4 Å². The monoisotopic (exact) mass is 210 g/mol. The first-order valence-electron chi connectivity index (χ1n) is 5.33. The van der Waals surface area contributed by atoms with E-state index in [1.165, 1.54) is 5.56 Å². The smallest absolute Gasteiger partial charge is 0.303 e. The molecule has 0 aromatic carbocycles. The molecule has 0 aliphatic rings. The van der Waals surface area contributed by atoms with E-state index in [0.29, 0.717) is 0 Å². The number of carbonyl (C=O) groups is 1. The molecule has 1 heterocycles. The maximum absolute atomic E-state index is 10.2. The molecule has 0 saturated heterocycles. The van der Waals surface area contributed by atoms with Crippen LogP contribution in [0.3, 0.4) is 0 Å². The molecule has 15 heavy (non-hydrogen) atoms. The molecule has 4 nitrogen and oxygen atoms in total. The Hall–Kier alpha value is -1.29. The highest BCUT2D eigenvalue weighted by molar-refractivity contribution is 5.66. The van der Waals surface area contributed by atoms with Gasteiger partial charge in [-0.15, -0.1) is 0 Å². The first-order chi connectivity index (χ1) is 7.29. The summed E-state index contributed by atoms with van der Waals surface area (Å²) >= 11 is 0. The lowest BCUT2D eigenvalue weighted by molar-refractivity contribution is -0.137. The van der Waals surface area contributed by atoms with Crippen molar-refractivity contribution in [3.63, 3.8) is 0 Å². The molecule has 0 unspecified atom stereocenters. The van der Waals surface area contributed by atoms with Crippen LogP contribution in [0.2, 0.25) is 0 Å². The largest absolute Gasteiger partial charge is 0.481 e. The fourth-order valence-electron chi connectivity index (χ4n) is 1.40. The van der Waals surface area contributed by atoms with E-state index in [0.717, 1.165) is 32.4 Å². The minimum absolute atomic E-state index is 0.277. The Labute approximate surface area is 89.7 Å². The molecule has 0 fully saturated rings. The van der Waals surface area contributed by atoms with Crippen molar-refractivity contribution in [2.75, 3.05) is 13.1 Å². The number of unbranched alkanes of at least 4 members (excludes halogenated alkanes) is 1. The number of aliphatic carboxylic acids is 1. The topological polar surface area (TPSA) is 65.1 Å². The van der Waals surface area contributed by atoms with Gasteiger partial charge in [-0.1, -0.05) is 0 Å². The zero-order valence-corrected chi connectivity index (χ0v) is 8.83. The van der Waals surface area contributed by atoms with E-state index in [1.807, 2.05) is 12.4 Å². The average molecular weight is 210 g/mol. The highest BCUT2D eigenvalue weighted by Gasteiger charge is 1.96. The molecule has 0 amide bonds. The van der Waals surface area contributed by atoms with E-state index in [1.54, 1.807) is 0 Å². The van der Waals surface area contributed by atoms with Crippen LogP contribution in [0.5, 0.6) is 0 Å². The number of hydrogen-bond donors (Lipinski definition) is 3. The van der Waals surface area contributed by atoms with Gasteiger partial charge in [0.1, 0.15) is 0 Å². The molecule has 3 N–H and O–H groups in total. The van der Waals surface area contributed by atoms with Gasteiger partial charge in [0.05, 0.1) is 0 Å². The Balaban J connectivity index is 1.87. The van der Waals surface area contributed by atoms with Crippen LogP contribution < -0.4 is 5.32 Å². The molecule has 1 aromatic rings. The van der Waals surface area contributed by atoms with Gasteiger partial charge in [0.2, 0.25) is 0 Å². The number of H-pyrrole nitrogens is 1. The van der Waals surface area contributed by atoms with Crippen LogP contribution in [-0.2, 0) is 11.2 Å². The molecule has 0 aliphatic heterocycles. The first-order valence-corrected chi connectivity index (χ1v) is 5.33. The molecule has 4 heteroatoms. The van der Waals surface area contributed by atoms with Crippen molar-refractivity contribution in [3.05, 3.63) is 24.0 Å². The lowest BCUT2D eigenvalue weighted by Gasteiger charge is -2.02. The van der Waals surface area contributed by atoms with Gasteiger partial charge in [-0.2, -0.15) is 0 Å². The molecule has 84 valence electrons. The third kappa shape index (κ3) is 5.91. The third-order valence-corrected chi connectivity index (χ3v) is 2.25. The van der Waals surface area contributed by atoms with Crippen LogP contribution in [0.1, 0.15) is 24.8 Å². The van der Waals surface area contributed by atoms with Gasteiger partial charge in [-0.25, -0.2) is 0 Å². The van der Waals surface area contributed by atoms with Crippen LogP contribution in [0.4, 0.5) is 0 Å². The normalized spacial score (nSPS) is 10.4. The predicted molar refractivity (Wildman–Crippen MR) is 58.9 cm³/mol. The van der Waals surface area contributed by atoms with Gasteiger partial charge >= 0.3 is 5.97 Å². The second kappa shape index (κ2) is 7.06. The molecule has 0 saturated carbocycles. The first kappa shape index (κ1) is 11.8. The minimum atomic E-state index is -0.706. The minimum Gasteiger partial charge on any atom is -0.481 e. The zero-order valence-electron chi connectivity index (χ0n) is 8.83. The highest BCUT2D eigenvalue weighted by atomic mass is 16.4. The van der Waals surface area contributed by atoms with Gasteiger partial charge in [0, 0.05) is 18.8 Å². The fraction of sp³-hybridized carbons (Fsp3) is 0.545. The molecule has 1 rings (SSSR count). The van der Waals surface area contributed by atoms with Crippen LogP contribution in [0.25, 0.3) is 0 Å². The van der Waals surface area contributed by atoms with Crippen LogP contribution in [-0.4, -0.2) is 29.1 Å². The van der Waals surface area contributed by atoms with E-state index in [4.69, 9.17) is 5.11 Å². The van der Waals surface area contributed by atoms with Crippen molar-refractivity contribution in [1.82, 2.24) is 10.3 Å². The second-order valence-electron chi connectivity index (χ2n) is 3.57. The summed E-state index contributed by atoms with van der Waals surface area (Å²) in [6.45, 7) is 1.85. The summed E-state index contributed by atoms with van der Waals surface area (Å²) in [5.74, 6) is -0.706. The Morgan fingerprint density at radius 1 is 1.40 bits per heavy atom. The third-order valence-electron chi connectivity index (χ3n) is 2.25. The lowest BCUT2D eigenvalue weighted by atomic mass is 10.2. The predicted octanol–water partition coefficient (Wildman–Crippen LogP) is 1.40. The van der Waals surface area contributed by atoms with Crippen molar-refractivity contribution < 1.29 is 9.90 Å². The SMILES string of the molecule is O=C(O)CCCCNCCc1cc[nH]c1. The summed E-state index contributed by atoms with van der Waals surface area (Å²) < 4.78 is 0. The van der Waals surface area contributed by atoms with Crippen molar-refractivity contribution in [3.8, 4) is 0 Å². The summed E-state index contributed by atoms with van der Waals surface area (Å²) in [7, 11) is 0. The molecule has 0 spiro atoms. The highest BCUT2D eigenvalue weighted by Crippen LogP contribution is 1.97. The molecule has 0 radical (unpaired) electrons. The van der Waals surface area contributed by atoms with Crippen LogP contribution in [0, 0.1) is 0 Å². The zero-order chi connectivity index (χ0) is 10.9. The summed E-state index contributed by atoms with van der Waals surface area (Å²) in [6, 6.07) is 2.06. The van der Waals surface area contributed by atoms with Crippen LogP contribution >= 0.6 is 0 Å². The van der Waals surface area contributed by atoms with Gasteiger partial charge in [0.25, 0.3) is 0 Å². The van der Waals surface area contributed by atoms with E-state index in [-0.39, 0.29) is 6.42 Å². The standard InChI is InChI=1S/C11H18N2O2/c14-11(15)3-1-2-6-12-7-4-10-5-8-13-9-10/h5,8-9,12-13H,1-4,6-7H2,(H,14,15). The lowest BCUT2D eigenvalue weighted by Crippen LogP contribution is -2.18. The molecular weight excluding hydrogens is 192 g/mol. The molecule has 1 aromatic heterocycles. The molecule has 0 aliphatic carbocycles. The number of hydrogen-bond acceptors (Lipinski definition) is 2. The summed E-state index contributed by atoms with van der Waals surface area (Å²) in [6.07, 6.45) is 6.89. The van der Waals surface area contributed by atoms with Crippen LogP contribution in [0.15, 0.2) is 18.5 Å². The van der Waals surface area contributed by atoms with E-state index in [2.05, 4.69) is 16.4 Å².